The van der Waals surface area contributed by atoms with Gasteiger partial charge in [0.15, 0.2) is 6.10 Å². The average molecular weight is 491 g/mol. The highest BCUT2D eigenvalue weighted by molar-refractivity contribution is 6.07. The van der Waals surface area contributed by atoms with Crippen molar-refractivity contribution in [1.29, 1.82) is 5.26 Å². The second-order valence-electron chi connectivity index (χ2n) is 10.00. The number of aliphatic hydroxyl groups is 1. The van der Waals surface area contributed by atoms with Crippen LogP contribution in [0, 0.1) is 23.1 Å². The van der Waals surface area contributed by atoms with E-state index in [-0.39, 0.29) is 30.4 Å². The van der Waals surface area contributed by atoms with Gasteiger partial charge in [-0.3, -0.25) is 14.4 Å². The lowest BCUT2D eigenvalue weighted by atomic mass is 9.80. The second-order valence-corrected chi connectivity index (χ2v) is 10.00. The first kappa shape index (κ1) is 23.9. The highest BCUT2D eigenvalue weighted by Gasteiger charge is 2.57. The second kappa shape index (κ2) is 9.03. The van der Waals surface area contributed by atoms with Gasteiger partial charge in [-0.05, 0) is 41.7 Å². The van der Waals surface area contributed by atoms with E-state index in [9.17, 15) is 29.1 Å². The quantitative estimate of drug-likeness (QED) is 0.646. The summed E-state index contributed by atoms with van der Waals surface area (Å²) in [6.07, 6.45) is 0.891. The number of carbonyl (C=O) groups is 3. The number of amides is 3. The molecule has 1 saturated carbocycles. The van der Waals surface area contributed by atoms with Gasteiger partial charge in [0.25, 0.3) is 5.91 Å². The number of aliphatic hydroxyl groups excluding tert-OH is 1. The molecule has 2 fully saturated rings. The van der Waals surface area contributed by atoms with Gasteiger partial charge in [0, 0.05) is 25.7 Å². The SMILES string of the molecule is CN(C(=O)[C@H](O)c1ccc(F)cc1)[C@@H](CC1CC1)C(=O)N1CC2(C[C@H]1C#N)C(=O)Nc1ccccc12. The maximum atomic E-state index is 13.9. The molecule has 9 heteroatoms. The van der Waals surface area contributed by atoms with E-state index in [0.29, 0.717) is 12.1 Å². The van der Waals surface area contributed by atoms with E-state index in [2.05, 4.69) is 11.4 Å². The molecule has 2 aliphatic heterocycles. The Hall–Kier alpha value is -3.77. The molecule has 3 aliphatic rings. The molecule has 0 radical (unpaired) electrons. The van der Waals surface area contributed by atoms with Crippen molar-refractivity contribution in [2.24, 2.45) is 5.92 Å². The van der Waals surface area contributed by atoms with E-state index in [4.69, 9.17) is 0 Å². The van der Waals surface area contributed by atoms with E-state index in [0.717, 1.165) is 30.5 Å². The minimum absolute atomic E-state index is 0.0383. The number of anilines is 1. The zero-order valence-corrected chi connectivity index (χ0v) is 19.9. The van der Waals surface area contributed by atoms with Crippen LogP contribution >= 0.6 is 0 Å². The third-order valence-electron chi connectivity index (χ3n) is 7.69. The first-order chi connectivity index (χ1) is 17.2. The lowest BCUT2D eigenvalue weighted by molar-refractivity contribution is -0.150. The molecule has 2 aromatic carbocycles. The molecule has 2 heterocycles. The predicted molar refractivity (Wildman–Crippen MR) is 128 cm³/mol. The van der Waals surface area contributed by atoms with E-state index >= 15 is 0 Å². The number of fused-ring (bicyclic) bond motifs is 2. The normalized spacial score (nSPS) is 24.1. The van der Waals surface area contributed by atoms with Gasteiger partial charge < -0.3 is 20.2 Å². The fourth-order valence-electron chi connectivity index (χ4n) is 5.41. The van der Waals surface area contributed by atoms with Gasteiger partial charge >= 0.3 is 0 Å². The standard InChI is InChI=1S/C27H27FN4O4/c1-31(25(35)23(33)17-8-10-18(28)11-9-17)22(12-16-6-7-16)24(34)32-15-27(13-19(32)14-29)20-4-2-3-5-21(20)30-26(27)36/h2-5,8-11,16,19,22-23,33H,6-7,12-13,15H2,1H3,(H,30,36)/t19-,22-,23+,27?/m0/s1. The number of nitrogens with one attached hydrogen (secondary N) is 1. The number of benzene rings is 2. The van der Waals surface area contributed by atoms with E-state index in [1.54, 1.807) is 6.07 Å². The van der Waals surface area contributed by atoms with Crippen molar-refractivity contribution in [3.63, 3.8) is 0 Å². The molecule has 5 rings (SSSR count). The summed E-state index contributed by atoms with van der Waals surface area (Å²) in [6, 6.07) is 12.7. The summed E-state index contributed by atoms with van der Waals surface area (Å²) in [7, 11) is 1.46. The van der Waals surface area contributed by atoms with Crippen molar-refractivity contribution in [2.45, 2.75) is 49.3 Å². The molecular formula is C27H27FN4O4. The van der Waals surface area contributed by atoms with E-state index in [1.807, 2.05) is 18.2 Å². The number of carbonyl (C=O) groups excluding carboxylic acids is 3. The van der Waals surface area contributed by atoms with Crippen LogP contribution in [0.25, 0.3) is 0 Å². The molecule has 36 heavy (non-hydrogen) atoms. The Morgan fingerprint density at radius 1 is 1.25 bits per heavy atom. The molecule has 1 spiro atoms. The fraction of sp³-hybridized carbons (Fsp3) is 0.407. The van der Waals surface area contributed by atoms with Crippen molar-refractivity contribution in [1.82, 2.24) is 9.80 Å². The van der Waals surface area contributed by atoms with Gasteiger partial charge in [-0.25, -0.2) is 4.39 Å². The van der Waals surface area contributed by atoms with Crippen LogP contribution in [0.4, 0.5) is 10.1 Å². The number of hydrogen-bond donors (Lipinski definition) is 2. The molecule has 2 aromatic rings. The third kappa shape index (κ3) is 4.01. The van der Waals surface area contributed by atoms with Crippen LogP contribution in [-0.2, 0) is 19.8 Å². The molecule has 1 aliphatic carbocycles. The number of halogens is 1. The van der Waals surface area contributed by atoms with Crippen LogP contribution in [-0.4, -0.2) is 58.3 Å². The lowest BCUT2D eigenvalue weighted by Gasteiger charge is -2.33. The van der Waals surface area contributed by atoms with Gasteiger partial charge in [0.2, 0.25) is 11.8 Å². The molecule has 4 atom stereocenters. The summed E-state index contributed by atoms with van der Waals surface area (Å²) in [5, 5.41) is 23.5. The number of para-hydroxylation sites is 1. The van der Waals surface area contributed by atoms with Crippen molar-refractivity contribution in [3.05, 3.63) is 65.5 Å². The third-order valence-corrected chi connectivity index (χ3v) is 7.69. The lowest BCUT2D eigenvalue weighted by Crippen LogP contribution is -2.52. The molecule has 3 amide bonds. The Labute approximate surface area is 208 Å². The largest absolute Gasteiger partial charge is 0.378 e. The summed E-state index contributed by atoms with van der Waals surface area (Å²) in [6.45, 7) is 0.0383. The van der Waals surface area contributed by atoms with E-state index in [1.165, 1.54) is 29.0 Å². The molecular weight excluding hydrogens is 463 g/mol. The number of hydrogen-bond acceptors (Lipinski definition) is 5. The van der Waals surface area contributed by atoms with Gasteiger partial charge in [0.05, 0.1) is 11.5 Å². The number of likely N-dealkylation sites (N-methyl/N-ethyl adjacent to an activating group) is 1. The Bertz CT molecular complexity index is 1260. The summed E-state index contributed by atoms with van der Waals surface area (Å²) in [5.41, 5.74) is 0.644. The molecule has 8 nitrogen and oxygen atoms in total. The highest BCUT2D eigenvalue weighted by atomic mass is 19.1. The molecule has 0 bridgehead atoms. The van der Waals surface area contributed by atoms with Gasteiger partial charge in [-0.15, -0.1) is 0 Å². The number of nitriles is 1. The van der Waals surface area contributed by atoms with Crippen molar-refractivity contribution >= 4 is 23.4 Å². The first-order valence-corrected chi connectivity index (χ1v) is 12.1. The maximum Gasteiger partial charge on any atom is 0.256 e. The van der Waals surface area contributed by atoms with Crippen LogP contribution in [0.2, 0.25) is 0 Å². The number of likely N-dealkylation sites (tertiary alicyclic amines) is 1. The predicted octanol–water partition coefficient (Wildman–Crippen LogP) is 2.50. The first-order valence-electron chi connectivity index (χ1n) is 12.1. The highest BCUT2D eigenvalue weighted by Crippen LogP contribution is 2.47. The molecule has 186 valence electrons. The molecule has 0 aromatic heterocycles. The minimum atomic E-state index is -1.56. The fourth-order valence-corrected chi connectivity index (χ4v) is 5.41. The van der Waals surface area contributed by atoms with Gasteiger partial charge in [-0.1, -0.05) is 43.2 Å². The topological polar surface area (TPSA) is 114 Å². The molecule has 1 saturated heterocycles. The average Bonchev–Trinajstić information content (AvgIpc) is 3.56. The summed E-state index contributed by atoms with van der Waals surface area (Å²) < 4.78 is 13.3. The molecule has 2 N–H and O–H groups in total. The summed E-state index contributed by atoms with van der Waals surface area (Å²) >= 11 is 0. The summed E-state index contributed by atoms with van der Waals surface area (Å²) in [5.74, 6) is -1.56. The Morgan fingerprint density at radius 3 is 2.61 bits per heavy atom. The van der Waals surface area contributed by atoms with Crippen LogP contribution < -0.4 is 5.32 Å². The van der Waals surface area contributed by atoms with Crippen LogP contribution in [0.3, 0.4) is 0 Å². The maximum absolute atomic E-state index is 13.9. The Kier molecular flexibility index (Phi) is 6.00. The zero-order chi connectivity index (χ0) is 25.6. The summed E-state index contributed by atoms with van der Waals surface area (Å²) in [4.78, 5) is 42.8. The number of nitrogens with zero attached hydrogens (tertiary/aromatic N) is 3. The van der Waals surface area contributed by atoms with Gasteiger partial charge in [-0.2, -0.15) is 5.26 Å². The zero-order valence-electron chi connectivity index (χ0n) is 19.9. The monoisotopic (exact) mass is 490 g/mol. The van der Waals surface area contributed by atoms with Crippen molar-refractivity contribution in [2.75, 3.05) is 18.9 Å². The van der Waals surface area contributed by atoms with Crippen molar-refractivity contribution in [3.8, 4) is 6.07 Å². The Morgan fingerprint density at radius 2 is 1.94 bits per heavy atom. The Balaban J connectivity index is 1.42. The minimum Gasteiger partial charge on any atom is -0.378 e. The van der Waals surface area contributed by atoms with Crippen molar-refractivity contribution < 1.29 is 23.9 Å². The number of rotatable bonds is 6. The van der Waals surface area contributed by atoms with Crippen LogP contribution in [0.5, 0.6) is 0 Å². The van der Waals surface area contributed by atoms with Crippen LogP contribution in [0.1, 0.15) is 42.9 Å². The van der Waals surface area contributed by atoms with Gasteiger partial charge in [0.1, 0.15) is 17.9 Å². The molecule has 1 unspecified atom stereocenters. The van der Waals surface area contributed by atoms with E-state index < -0.39 is 41.2 Å². The smallest absolute Gasteiger partial charge is 0.256 e. The van der Waals surface area contributed by atoms with Crippen LogP contribution in [0.15, 0.2) is 48.5 Å².